The maximum Gasteiger partial charge on any atom is 0.292 e. The van der Waals surface area contributed by atoms with Crippen LogP contribution in [0.2, 0.25) is 0 Å². The molecule has 0 bridgehead atoms. The molecule has 1 aromatic carbocycles. The van der Waals surface area contributed by atoms with Crippen LogP contribution in [-0.4, -0.2) is 23.1 Å². The number of rotatable bonds is 3. The molecule has 0 aliphatic carbocycles. The zero-order valence-corrected chi connectivity index (χ0v) is 12.1. The molecule has 0 saturated carbocycles. The normalized spacial score (nSPS) is 23.4. The maximum atomic E-state index is 11.2. The van der Waals surface area contributed by atoms with Gasteiger partial charge in [0.15, 0.2) is 0 Å². The Kier molecular flexibility index (Phi) is 4.60. The molecular weight excluding hydrogens is 256 g/mol. The average molecular weight is 278 g/mol. The Balaban J connectivity index is 2.36. The van der Waals surface area contributed by atoms with Crippen molar-refractivity contribution in [3.05, 3.63) is 33.9 Å². The van der Waals surface area contributed by atoms with Gasteiger partial charge in [-0.25, -0.2) is 0 Å². The first kappa shape index (κ1) is 14.8. The molecule has 1 aromatic rings. The fraction of sp³-hybridized carbons (Fsp3) is 0.600. The number of anilines is 1. The first-order valence-electron chi connectivity index (χ1n) is 7.14. The molecule has 2 unspecified atom stereocenters. The van der Waals surface area contributed by atoms with Crippen LogP contribution < -0.4 is 4.90 Å². The van der Waals surface area contributed by atoms with Gasteiger partial charge >= 0.3 is 0 Å². The molecule has 1 aliphatic heterocycles. The van der Waals surface area contributed by atoms with Crippen LogP contribution in [0.15, 0.2) is 18.2 Å². The van der Waals surface area contributed by atoms with Gasteiger partial charge in [0.1, 0.15) is 5.69 Å². The van der Waals surface area contributed by atoms with E-state index in [1.807, 2.05) is 0 Å². The van der Waals surface area contributed by atoms with Crippen molar-refractivity contribution in [3.63, 3.8) is 0 Å². The summed E-state index contributed by atoms with van der Waals surface area (Å²) >= 11 is 0. The average Bonchev–Trinajstić information content (AvgIpc) is 2.58. The number of aliphatic hydroxyl groups excluding tert-OH is 1. The van der Waals surface area contributed by atoms with Gasteiger partial charge in [0.2, 0.25) is 0 Å². The molecular formula is C15H22N2O3. The standard InChI is InChI=1S/C15H22N2O3/c1-11-5-6-16(9-12(2)7-11)15-8-13(10-18)3-4-14(15)17(19)20/h3-4,8,11-12,18H,5-7,9-10H2,1-2H3. The van der Waals surface area contributed by atoms with Crippen molar-refractivity contribution >= 4 is 11.4 Å². The topological polar surface area (TPSA) is 66.6 Å². The molecule has 0 spiro atoms. The van der Waals surface area contributed by atoms with E-state index in [2.05, 4.69) is 18.7 Å². The maximum absolute atomic E-state index is 11.2. The highest BCUT2D eigenvalue weighted by molar-refractivity contribution is 5.64. The molecule has 0 aromatic heterocycles. The number of aliphatic hydroxyl groups is 1. The highest BCUT2D eigenvalue weighted by Crippen LogP contribution is 2.33. The van der Waals surface area contributed by atoms with Crippen LogP contribution in [0.5, 0.6) is 0 Å². The Morgan fingerprint density at radius 3 is 2.80 bits per heavy atom. The summed E-state index contributed by atoms with van der Waals surface area (Å²) in [6.45, 7) is 6.00. The predicted octanol–water partition coefficient (Wildman–Crippen LogP) is 2.96. The van der Waals surface area contributed by atoms with E-state index in [1.165, 1.54) is 6.07 Å². The lowest BCUT2D eigenvalue weighted by molar-refractivity contribution is -0.384. The lowest BCUT2D eigenvalue weighted by Gasteiger charge is -2.25. The van der Waals surface area contributed by atoms with E-state index in [0.29, 0.717) is 17.5 Å². The summed E-state index contributed by atoms with van der Waals surface area (Å²) in [5, 5.41) is 20.5. The van der Waals surface area contributed by atoms with Crippen LogP contribution in [0.4, 0.5) is 11.4 Å². The summed E-state index contributed by atoms with van der Waals surface area (Å²) in [6, 6.07) is 4.87. The molecule has 1 heterocycles. The Bertz CT molecular complexity index is 490. The van der Waals surface area contributed by atoms with Crippen LogP contribution in [0, 0.1) is 22.0 Å². The van der Waals surface area contributed by atoms with Crippen molar-refractivity contribution < 1.29 is 10.0 Å². The smallest absolute Gasteiger partial charge is 0.292 e. The molecule has 20 heavy (non-hydrogen) atoms. The zero-order valence-electron chi connectivity index (χ0n) is 12.1. The van der Waals surface area contributed by atoms with Gasteiger partial charge in [-0.2, -0.15) is 0 Å². The van der Waals surface area contributed by atoms with E-state index in [-0.39, 0.29) is 17.2 Å². The third-order valence-corrected chi connectivity index (χ3v) is 3.99. The molecule has 110 valence electrons. The number of hydrogen-bond donors (Lipinski definition) is 1. The van der Waals surface area contributed by atoms with E-state index < -0.39 is 0 Å². The molecule has 5 heteroatoms. The van der Waals surface area contributed by atoms with E-state index in [9.17, 15) is 15.2 Å². The van der Waals surface area contributed by atoms with Crippen LogP contribution in [-0.2, 0) is 6.61 Å². The van der Waals surface area contributed by atoms with Gasteiger partial charge in [0.25, 0.3) is 5.69 Å². The Hall–Kier alpha value is -1.62. The van der Waals surface area contributed by atoms with Gasteiger partial charge in [-0.3, -0.25) is 10.1 Å². The van der Waals surface area contributed by atoms with E-state index >= 15 is 0 Å². The van der Waals surface area contributed by atoms with Crippen LogP contribution in [0.3, 0.4) is 0 Å². The molecule has 1 saturated heterocycles. The minimum atomic E-state index is -0.338. The fourth-order valence-corrected chi connectivity index (χ4v) is 3.02. The van der Waals surface area contributed by atoms with E-state index in [4.69, 9.17) is 0 Å². The molecule has 5 nitrogen and oxygen atoms in total. The second-order valence-electron chi connectivity index (χ2n) is 5.92. The van der Waals surface area contributed by atoms with Crippen molar-refractivity contribution in [1.82, 2.24) is 0 Å². The second kappa shape index (κ2) is 6.22. The summed E-state index contributed by atoms with van der Waals surface area (Å²) in [5.41, 5.74) is 1.49. The van der Waals surface area contributed by atoms with Crippen molar-refractivity contribution in [2.24, 2.45) is 11.8 Å². The number of nitrogens with zero attached hydrogens (tertiary/aromatic N) is 2. The van der Waals surface area contributed by atoms with Gasteiger partial charge in [0.05, 0.1) is 11.5 Å². The Morgan fingerprint density at radius 2 is 2.15 bits per heavy atom. The monoisotopic (exact) mass is 278 g/mol. The van der Waals surface area contributed by atoms with Gasteiger partial charge in [-0.15, -0.1) is 0 Å². The van der Waals surface area contributed by atoms with Gasteiger partial charge in [-0.1, -0.05) is 13.8 Å². The minimum Gasteiger partial charge on any atom is -0.392 e. The number of nitro groups is 1. The molecule has 1 N–H and O–H groups in total. The first-order valence-corrected chi connectivity index (χ1v) is 7.14. The quantitative estimate of drug-likeness (QED) is 0.682. The summed E-state index contributed by atoms with van der Waals surface area (Å²) in [6.07, 6.45) is 2.20. The summed E-state index contributed by atoms with van der Waals surface area (Å²) in [5.74, 6) is 1.17. The number of hydrogen-bond acceptors (Lipinski definition) is 4. The molecule has 0 amide bonds. The van der Waals surface area contributed by atoms with E-state index in [0.717, 1.165) is 31.5 Å². The summed E-state index contributed by atoms with van der Waals surface area (Å²) in [7, 11) is 0. The third kappa shape index (κ3) is 3.28. The van der Waals surface area contributed by atoms with Crippen LogP contribution in [0.1, 0.15) is 32.3 Å². The summed E-state index contributed by atoms with van der Waals surface area (Å²) in [4.78, 5) is 13.0. The highest BCUT2D eigenvalue weighted by atomic mass is 16.6. The molecule has 1 fully saturated rings. The third-order valence-electron chi connectivity index (χ3n) is 3.99. The van der Waals surface area contributed by atoms with Gasteiger partial charge in [-0.05, 0) is 42.4 Å². The van der Waals surface area contributed by atoms with Crippen LogP contribution in [0.25, 0.3) is 0 Å². The Morgan fingerprint density at radius 1 is 1.40 bits per heavy atom. The second-order valence-corrected chi connectivity index (χ2v) is 5.92. The predicted molar refractivity (Wildman–Crippen MR) is 78.8 cm³/mol. The molecule has 0 radical (unpaired) electrons. The minimum absolute atomic E-state index is 0.0925. The lowest BCUT2D eigenvalue weighted by atomic mass is 9.97. The van der Waals surface area contributed by atoms with Crippen molar-refractivity contribution in [3.8, 4) is 0 Å². The molecule has 2 rings (SSSR count). The van der Waals surface area contributed by atoms with Crippen molar-refractivity contribution in [2.75, 3.05) is 18.0 Å². The highest BCUT2D eigenvalue weighted by Gasteiger charge is 2.25. The lowest BCUT2D eigenvalue weighted by Crippen LogP contribution is -2.28. The van der Waals surface area contributed by atoms with Gasteiger partial charge in [0, 0.05) is 19.2 Å². The van der Waals surface area contributed by atoms with Gasteiger partial charge < -0.3 is 10.0 Å². The Labute approximate surface area is 119 Å². The van der Waals surface area contributed by atoms with Crippen molar-refractivity contribution in [2.45, 2.75) is 33.3 Å². The largest absolute Gasteiger partial charge is 0.392 e. The zero-order chi connectivity index (χ0) is 14.7. The number of nitro benzene ring substituents is 1. The molecule has 1 aliphatic rings. The first-order chi connectivity index (χ1) is 9.51. The SMILES string of the molecule is CC1CCN(c2cc(CO)ccc2[N+](=O)[O-])CC(C)C1. The fourth-order valence-electron chi connectivity index (χ4n) is 3.02. The molecule has 2 atom stereocenters. The number of benzene rings is 1. The van der Waals surface area contributed by atoms with Crippen molar-refractivity contribution in [1.29, 1.82) is 0 Å². The van der Waals surface area contributed by atoms with E-state index in [1.54, 1.807) is 12.1 Å². The van der Waals surface area contributed by atoms with Crippen LogP contribution >= 0.6 is 0 Å². The summed E-state index contributed by atoms with van der Waals surface area (Å²) < 4.78 is 0.